The number of unbranched alkanes of at least 4 members (excludes halogenated alkanes) is 3. The highest BCUT2D eigenvalue weighted by atomic mass is 32.2. The third-order valence-corrected chi connectivity index (χ3v) is 5.99. The Morgan fingerprint density at radius 1 is 1.19 bits per heavy atom. The van der Waals surface area contributed by atoms with Crippen LogP contribution in [0, 0.1) is 0 Å². The number of fused-ring (bicyclic) bond motifs is 1. The number of carbonyl (C=O) groups is 2. The average molecular weight is 445 g/mol. The van der Waals surface area contributed by atoms with Gasteiger partial charge in [0.15, 0.2) is 5.16 Å². The van der Waals surface area contributed by atoms with Gasteiger partial charge in [-0.15, -0.1) is 0 Å². The first-order chi connectivity index (χ1) is 15.0. The maximum Gasteiger partial charge on any atom is 0.337 e. The Bertz CT molecular complexity index is 1050. The number of hydrogen-bond acceptors (Lipinski definition) is 6. The second-order valence-electron chi connectivity index (χ2n) is 7.20. The molecule has 166 valence electrons. The van der Waals surface area contributed by atoms with Crippen molar-refractivity contribution in [2.75, 3.05) is 18.9 Å². The van der Waals surface area contributed by atoms with Crippen molar-refractivity contribution in [1.29, 1.82) is 0 Å². The second-order valence-corrected chi connectivity index (χ2v) is 8.15. The molecule has 1 aromatic carbocycles. The van der Waals surface area contributed by atoms with Crippen molar-refractivity contribution >= 4 is 34.7 Å². The van der Waals surface area contributed by atoms with Crippen molar-refractivity contribution in [1.82, 2.24) is 20.2 Å². The Morgan fingerprint density at radius 3 is 2.77 bits per heavy atom. The lowest BCUT2D eigenvalue weighted by Crippen LogP contribution is -2.44. The summed E-state index contributed by atoms with van der Waals surface area (Å²) in [7, 11) is 0. The van der Waals surface area contributed by atoms with E-state index in [-0.39, 0.29) is 24.7 Å². The molecule has 2 aromatic rings. The van der Waals surface area contributed by atoms with E-state index < -0.39 is 5.97 Å². The molecule has 0 saturated carbocycles. The van der Waals surface area contributed by atoms with Crippen molar-refractivity contribution in [3.05, 3.63) is 45.9 Å². The maximum absolute atomic E-state index is 13.1. The fourth-order valence-electron chi connectivity index (χ4n) is 3.36. The fraction of sp³-hybridized carbons (Fsp3) is 0.455. The lowest BCUT2D eigenvalue weighted by molar-refractivity contribution is -0.138. The molecule has 9 heteroatoms. The van der Waals surface area contributed by atoms with Crippen LogP contribution in [-0.2, 0) is 16.1 Å². The van der Waals surface area contributed by atoms with Crippen LogP contribution in [0.2, 0.25) is 0 Å². The lowest BCUT2D eigenvalue weighted by atomic mass is 10.2. The molecule has 1 aromatic heterocycles. The number of urea groups is 1. The van der Waals surface area contributed by atoms with Crippen LogP contribution in [0.25, 0.3) is 10.9 Å². The predicted molar refractivity (Wildman–Crippen MR) is 121 cm³/mol. The first-order valence-corrected chi connectivity index (χ1v) is 11.6. The largest absolute Gasteiger partial charge is 0.463 e. The lowest BCUT2D eigenvalue weighted by Gasteiger charge is -2.21. The van der Waals surface area contributed by atoms with Gasteiger partial charge < -0.3 is 15.4 Å². The molecule has 0 bridgehead atoms. The topological polar surface area (TPSA) is 102 Å². The Labute approximate surface area is 185 Å². The number of aromatic nitrogens is 2. The van der Waals surface area contributed by atoms with E-state index in [4.69, 9.17) is 9.72 Å². The summed E-state index contributed by atoms with van der Waals surface area (Å²) >= 11 is 1.33. The van der Waals surface area contributed by atoms with Crippen molar-refractivity contribution in [2.24, 2.45) is 0 Å². The van der Waals surface area contributed by atoms with E-state index in [1.54, 1.807) is 17.6 Å². The van der Waals surface area contributed by atoms with E-state index in [0.29, 0.717) is 39.6 Å². The zero-order chi connectivity index (χ0) is 22.2. The smallest absolute Gasteiger partial charge is 0.337 e. The van der Waals surface area contributed by atoms with Gasteiger partial charge in [-0.05, 0) is 25.5 Å². The van der Waals surface area contributed by atoms with Gasteiger partial charge in [-0.3, -0.25) is 9.36 Å². The van der Waals surface area contributed by atoms with Crippen LogP contribution >= 0.6 is 11.8 Å². The van der Waals surface area contributed by atoms with Crippen molar-refractivity contribution in [3.8, 4) is 0 Å². The molecular weight excluding hydrogens is 416 g/mol. The SMILES string of the molecule is CCCCCCn1c(SCC2=C(C(=O)OCC)CNC(=O)N2)nc2ccccc2c1=O. The molecule has 2 amide bonds. The Kier molecular flexibility index (Phi) is 8.11. The van der Waals surface area contributed by atoms with Gasteiger partial charge in [0, 0.05) is 18.0 Å². The summed E-state index contributed by atoms with van der Waals surface area (Å²) in [5.41, 5.74) is 1.42. The van der Waals surface area contributed by atoms with Crippen LogP contribution in [0.4, 0.5) is 4.79 Å². The number of carbonyl (C=O) groups excluding carboxylic acids is 2. The monoisotopic (exact) mass is 444 g/mol. The van der Waals surface area contributed by atoms with Crippen molar-refractivity contribution in [3.63, 3.8) is 0 Å². The number of ether oxygens (including phenoxy) is 1. The summed E-state index contributed by atoms with van der Waals surface area (Å²) in [6.45, 7) is 4.82. The van der Waals surface area contributed by atoms with Gasteiger partial charge >= 0.3 is 12.0 Å². The molecule has 1 aliphatic rings. The summed E-state index contributed by atoms with van der Waals surface area (Å²) in [6, 6.07) is 6.92. The third-order valence-electron chi connectivity index (χ3n) is 4.98. The van der Waals surface area contributed by atoms with Gasteiger partial charge in [0.2, 0.25) is 0 Å². The van der Waals surface area contributed by atoms with Crippen LogP contribution in [-0.4, -0.2) is 40.5 Å². The fourth-order valence-corrected chi connectivity index (χ4v) is 4.37. The van der Waals surface area contributed by atoms with Crippen LogP contribution in [0.3, 0.4) is 0 Å². The zero-order valence-corrected chi connectivity index (χ0v) is 18.7. The summed E-state index contributed by atoms with van der Waals surface area (Å²) in [5.74, 6) is -0.171. The van der Waals surface area contributed by atoms with Gasteiger partial charge in [-0.1, -0.05) is 50.1 Å². The molecule has 3 rings (SSSR count). The minimum atomic E-state index is -0.464. The summed E-state index contributed by atoms with van der Waals surface area (Å²) < 4.78 is 6.81. The summed E-state index contributed by atoms with van der Waals surface area (Å²) in [6.07, 6.45) is 4.16. The number of benzene rings is 1. The molecule has 0 atom stereocenters. The molecule has 31 heavy (non-hydrogen) atoms. The van der Waals surface area contributed by atoms with E-state index in [1.165, 1.54) is 11.8 Å². The minimum absolute atomic E-state index is 0.0708. The Morgan fingerprint density at radius 2 is 2.00 bits per heavy atom. The molecule has 1 aliphatic heterocycles. The first-order valence-electron chi connectivity index (χ1n) is 10.6. The first kappa shape index (κ1) is 22.9. The van der Waals surface area contributed by atoms with Crippen LogP contribution in [0.1, 0.15) is 39.5 Å². The number of rotatable bonds is 10. The molecule has 0 radical (unpaired) electrons. The Hall–Kier alpha value is -2.81. The molecule has 0 spiro atoms. The van der Waals surface area contributed by atoms with Gasteiger partial charge in [-0.25, -0.2) is 14.6 Å². The molecule has 2 heterocycles. The number of para-hydroxylation sites is 1. The number of amides is 2. The normalized spacial score (nSPS) is 13.8. The quantitative estimate of drug-likeness (QED) is 0.253. The van der Waals surface area contributed by atoms with E-state index >= 15 is 0 Å². The predicted octanol–water partition coefficient (Wildman–Crippen LogP) is 3.20. The van der Waals surface area contributed by atoms with Gasteiger partial charge in [0.25, 0.3) is 5.56 Å². The average Bonchev–Trinajstić information content (AvgIpc) is 2.77. The standard InChI is InChI=1S/C22H28N4O4S/c1-3-5-6-9-12-26-19(27)15-10-7-8-11-17(15)25-22(26)31-14-18-16(20(28)30-4-2)13-23-21(29)24-18/h7-8,10-11H,3-6,9,12-14H2,1-2H3,(H2,23,24,29). The van der Waals surface area contributed by atoms with E-state index in [2.05, 4.69) is 17.6 Å². The number of thioether (sulfide) groups is 1. The third kappa shape index (κ3) is 5.66. The second kappa shape index (κ2) is 11.0. The maximum atomic E-state index is 13.1. The molecule has 0 unspecified atom stereocenters. The minimum Gasteiger partial charge on any atom is -0.463 e. The van der Waals surface area contributed by atoms with Crippen molar-refractivity contribution < 1.29 is 14.3 Å². The van der Waals surface area contributed by atoms with Gasteiger partial charge in [0.05, 0.1) is 29.6 Å². The highest BCUT2D eigenvalue weighted by molar-refractivity contribution is 7.99. The molecule has 0 saturated heterocycles. The molecular formula is C22H28N4O4S. The van der Waals surface area contributed by atoms with E-state index in [9.17, 15) is 14.4 Å². The van der Waals surface area contributed by atoms with Crippen LogP contribution in [0.15, 0.2) is 45.5 Å². The highest BCUT2D eigenvalue weighted by Gasteiger charge is 2.24. The van der Waals surface area contributed by atoms with Gasteiger partial charge in [-0.2, -0.15) is 0 Å². The number of nitrogens with one attached hydrogen (secondary N) is 2. The number of hydrogen-bond donors (Lipinski definition) is 2. The Balaban J connectivity index is 1.90. The molecule has 2 N–H and O–H groups in total. The zero-order valence-electron chi connectivity index (χ0n) is 17.9. The summed E-state index contributed by atoms with van der Waals surface area (Å²) in [4.78, 5) is 41.9. The van der Waals surface area contributed by atoms with E-state index in [1.807, 2.05) is 18.2 Å². The van der Waals surface area contributed by atoms with E-state index in [0.717, 1.165) is 25.7 Å². The highest BCUT2D eigenvalue weighted by Crippen LogP contribution is 2.22. The number of nitrogens with zero attached hydrogens (tertiary/aromatic N) is 2. The summed E-state index contributed by atoms with van der Waals surface area (Å²) in [5, 5.41) is 6.46. The van der Waals surface area contributed by atoms with Gasteiger partial charge in [0.1, 0.15) is 0 Å². The molecule has 0 aliphatic carbocycles. The number of esters is 1. The molecule has 8 nitrogen and oxygen atoms in total. The van der Waals surface area contributed by atoms with Crippen LogP contribution < -0.4 is 16.2 Å². The molecule has 0 fully saturated rings. The van der Waals surface area contributed by atoms with Crippen LogP contribution in [0.5, 0.6) is 0 Å². The van der Waals surface area contributed by atoms with Crippen molar-refractivity contribution in [2.45, 2.75) is 51.2 Å².